The van der Waals surface area contributed by atoms with Gasteiger partial charge in [0, 0.05) is 11.8 Å². The van der Waals surface area contributed by atoms with Crippen LogP contribution >= 0.6 is 0 Å². The molecule has 0 N–H and O–H groups in total. The second-order valence-corrected chi connectivity index (χ2v) is 9.38. The highest BCUT2D eigenvalue weighted by Crippen LogP contribution is 2.72. The third-order valence-electron chi connectivity index (χ3n) is 8.55. The summed E-state index contributed by atoms with van der Waals surface area (Å²) < 4.78 is 5.98. The van der Waals surface area contributed by atoms with Gasteiger partial charge < -0.3 is 4.74 Å². The van der Waals surface area contributed by atoms with Crippen LogP contribution in [0.3, 0.4) is 0 Å². The monoisotopic (exact) mass is 314 g/mol. The summed E-state index contributed by atoms with van der Waals surface area (Å²) in [6.45, 7) is 9.05. The molecule has 1 spiro atoms. The lowest BCUT2D eigenvalue weighted by molar-refractivity contribution is -0.144. The average Bonchev–Trinajstić information content (AvgIpc) is 3.14. The quantitative estimate of drug-likeness (QED) is 0.391. The van der Waals surface area contributed by atoms with Crippen LogP contribution in [0.4, 0.5) is 0 Å². The number of ketones is 2. The van der Waals surface area contributed by atoms with Crippen molar-refractivity contribution in [2.24, 2.45) is 28.6 Å². The lowest BCUT2D eigenvalue weighted by Crippen LogP contribution is -2.60. The number of ether oxygens (including phenoxy) is 1. The van der Waals surface area contributed by atoms with Gasteiger partial charge in [-0.25, -0.2) is 0 Å². The van der Waals surface area contributed by atoms with Gasteiger partial charge in [-0.2, -0.15) is 0 Å². The topological polar surface area (TPSA) is 46.7 Å². The van der Waals surface area contributed by atoms with Gasteiger partial charge in [-0.05, 0) is 60.8 Å². The fourth-order valence-electron chi connectivity index (χ4n) is 7.39. The molecule has 0 amide bonds. The van der Waals surface area contributed by atoms with Crippen LogP contribution in [0.25, 0.3) is 0 Å². The van der Waals surface area contributed by atoms with Crippen molar-refractivity contribution in [2.45, 2.75) is 70.5 Å². The van der Waals surface area contributed by atoms with Crippen molar-refractivity contribution in [3.63, 3.8) is 0 Å². The molecule has 1 heterocycles. The van der Waals surface area contributed by atoms with E-state index in [2.05, 4.69) is 20.4 Å². The first kappa shape index (κ1) is 14.4. The molecule has 3 nitrogen and oxygen atoms in total. The van der Waals surface area contributed by atoms with Gasteiger partial charge in [-0.15, -0.1) is 0 Å². The Morgan fingerprint density at radius 2 is 1.91 bits per heavy atom. The molecule has 23 heavy (non-hydrogen) atoms. The maximum atomic E-state index is 12.3. The van der Waals surface area contributed by atoms with E-state index in [4.69, 9.17) is 4.74 Å². The number of hydrogen-bond donors (Lipinski definition) is 0. The molecule has 4 aliphatic carbocycles. The summed E-state index contributed by atoms with van der Waals surface area (Å²) in [5.41, 5.74) is 0.863. The molecular weight excluding hydrogens is 288 g/mol. The number of epoxide rings is 1. The van der Waals surface area contributed by atoms with E-state index in [9.17, 15) is 9.59 Å². The first-order valence-corrected chi connectivity index (χ1v) is 9.27. The van der Waals surface area contributed by atoms with E-state index in [1.807, 2.05) is 0 Å². The molecule has 0 aromatic carbocycles. The first-order valence-electron chi connectivity index (χ1n) is 9.27. The maximum absolute atomic E-state index is 12.3. The number of rotatable bonds is 0. The number of Topliss-reactive ketones (excluding diaryl/α,β-unsaturated/α-hetero) is 2. The van der Waals surface area contributed by atoms with Gasteiger partial charge in [0.25, 0.3) is 0 Å². The Hall–Kier alpha value is -0.960. The van der Waals surface area contributed by atoms with Crippen LogP contribution in [0.1, 0.15) is 58.8 Å². The van der Waals surface area contributed by atoms with Crippen molar-refractivity contribution in [3.8, 4) is 0 Å². The summed E-state index contributed by atoms with van der Waals surface area (Å²) >= 11 is 0. The van der Waals surface area contributed by atoms with Gasteiger partial charge >= 0.3 is 0 Å². The largest absolute Gasteiger partial charge is 0.352 e. The highest BCUT2D eigenvalue weighted by atomic mass is 16.6. The van der Waals surface area contributed by atoms with Crippen molar-refractivity contribution >= 4 is 11.6 Å². The van der Waals surface area contributed by atoms with Gasteiger partial charge in [0.05, 0.1) is 0 Å². The zero-order valence-electron chi connectivity index (χ0n) is 14.2. The van der Waals surface area contributed by atoms with E-state index >= 15 is 0 Å². The normalized spacial score (nSPS) is 57.4. The molecule has 0 aromatic heterocycles. The molecular formula is C20H26O3. The molecule has 5 aliphatic rings. The van der Waals surface area contributed by atoms with E-state index < -0.39 is 11.7 Å². The lowest BCUT2D eigenvalue weighted by Gasteiger charge is -2.59. The molecule has 1 aliphatic heterocycles. The molecule has 7 atom stereocenters. The second kappa shape index (κ2) is 3.99. The highest BCUT2D eigenvalue weighted by Gasteiger charge is 2.79. The molecule has 4 saturated carbocycles. The summed E-state index contributed by atoms with van der Waals surface area (Å²) in [6.07, 6.45) is 7.32. The van der Waals surface area contributed by atoms with Crippen molar-refractivity contribution < 1.29 is 14.3 Å². The molecule has 3 heteroatoms. The minimum atomic E-state index is -0.515. The summed E-state index contributed by atoms with van der Waals surface area (Å²) in [6, 6.07) is 0. The molecule has 5 rings (SSSR count). The predicted octanol–water partition coefficient (Wildman–Crippen LogP) is 3.46. The summed E-state index contributed by atoms with van der Waals surface area (Å²) in [5.74, 6) is 1.39. The summed E-state index contributed by atoms with van der Waals surface area (Å²) in [4.78, 5) is 24.5. The van der Waals surface area contributed by atoms with E-state index in [1.54, 1.807) is 0 Å². The number of fused-ring (bicyclic) bond motifs is 4. The SMILES string of the molecule is C=C1C[C@@H]2[C@@H](CC[C@]3(C)CCC[C@@H]23)[C@@]2(C)CC(=O)C(=O)C3OC132. The fraction of sp³-hybridized carbons (Fsp3) is 0.800. The smallest absolute Gasteiger partial charge is 0.230 e. The minimum Gasteiger partial charge on any atom is -0.352 e. The number of carbonyl (C=O) groups excluding carboxylic acids is 2. The fourth-order valence-corrected chi connectivity index (χ4v) is 7.39. The number of carbonyl (C=O) groups is 2. The molecule has 0 aromatic rings. The first-order chi connectivity index (χ1) is 10.8. The van der Waals surface area contributed by atoms with Crippen LogP contribution in [-0.2, 0) is 14.3 Å². The van der Waals surface area contributed by atoms with Gasteiger partial charge in [-0.3, -0.25) is 9.59 Å². The lowest BCUT2D eigenvalue weighted by atomic mass is 9.44. The second-order valence-electron chi connectivity index (χ2n) is 9.38. The van der Waals surface area contributed by atoms with Crippen molar-refractivity contribution in [1.29, 1.82) is 0 Å². The Labute approximate surface area is 137 Å². The van der Waals surface area contributed by atoms with Gasteiger partial charge in [-0.1, -0.05) is 26.8 Å². The van der Waals surface area contributed by atoms with E-state index in [0.717, 1.165) is 17.9 Å². The van der Waals surface area contributed by atoms with Gasteiger partial charge in [0.2, 0.25) is 11.6 Å². The van der Waals surface area contributed by atoms with Crippen molar-refractivity contribution in [3.05, 3.63) is 12.2 Å². The number of hydrogen-bond acceptors (Lipinski definition) is 3. The van der Waals surface area contributed by atoms with Crippen LogP contribution in [-0.4, -0.2) is 23.3 Å². The Morgan fingerprint density at radius 1 is 1.13 bits per heavy atom. The third kappa shape index (κ3) is 1.43. The highest BCUT2D eigenvalue weighted by molar-refractivity contribution is 6.41. The van der Waals surface area contributed by atoms with Crippen LogP contribution in [0, 0.1) is 28.6 Å². The Balaban J connectivity index is 1.59. The van der Waals surface area contributed by atoms with Crippen LogP contribution in [0.2, 0.25) is 0 Å². The Kier molecular flexibility index (Phi) is 2.49. The zero-order valence-corrected chi connectivity index (χ0v) is 14.2. The van der Waals surface area contributed by atoms with E-state index in [1.165, 1.54) is 32.1 Å². The van der Waals surface area contributed by atoms with E-state index in [-0.39, 0.29) is 17.0 Å². The average molecular weight is 314 g/mol. The van der Waals surface area contributed by atoms with Gasteiger partial charge in [0.15, 0.2) is 6.10 Å². The van der Waals surface area contributed by atoms with Crippen molar-refractivity contribution in [1.82, 2.24) is 0 Å². The maximum Gasteiger partial charge on any atom is 0.230 e. The van der Waals surface area contributed by atoms with E-state index in [0.29, 0.717) is 23.7 Å². The molecule has 2 unspecified atom stereocenters. The molecule has 0 bridgehead atoms. The van der Waals surface area contributed by atoms with Gasteiger partial charge in [0.1, 0.15) is 5.60 Å². The Bertz CT molecular complexity index is 651. The van der Waals surface area contributed by atoms with Crippen LogP contribution in [0.5, 0.6) is 0 Å². The molecule has 124 valence electrons. The molecule has 5 fully saturated rings. The standard InChI is InChI=1S/C20H26O3/c1-11-9-12-13-5-4-7-18(13,2)8-6-14(12)19(3)10-15(21)16(22)17-20(11,19)23-17/h12-14,17H,1,4-10H2,2-3H3/t12-,13-,14+,17?,18-,19+,20?/m0/s1. The molecule has 1 saturated heterocycles. The third-order valence-corrected chi connectivity index (χ3v) is 8.55. The van der Waals surface area contributed by atoms with Crippen molar-refractivity contribution in [2.75, 3.05) is 0 Å². The minimum absolute atomic E-state index is 0.209. The summed E-state index contributed by atoms with van der Waals surface area (Å²) in [5, 5.41) is 0. The Morgan fingerprint density at radius 3 is 2.70 bits per heavy atom. The zero-order chi connectivity index (χ0) is 16.2. The summed E-state index contributed by atoms with van der Waals surface area (Å²) in [7, 11) is 0. The van der Waals surface area contributed by atoms with Crippen LogP contribution in [0.15, 0.2) is 12.2 Å². The van der Waals surface area contributed by atoms with Crippen LogP contribution < -0.4 is 0 Å². The molecule has 0 radical (unpaired) electrons. The predicted molar refractivity (Wildman–Crippen MR) is 85.8 cm³/mol.